The molecule has 0 saturated carbocycles. The van der Waals surface area contributed by atoms with E-state index in [-0.39, 0.29) is 25.2 Å². The molecule has 0 heterocycles. The summed E-state index contributed by atoms with van der Waals surface area (Å²) < 4.78 is 5.37. The minimum absolute atomic E-state index is 0.0225. The second-order valence-electron chi connectivity index (χ2n) is 6.87. The molecule has 0 aliphatic rings. The van der Waals surface area contributed by atoms with Crippen molar-refractivity contribution in [3.8, 4) is 5.75 Å². The maximum absolute atomic E-state index is 12.3. The van der Waals surface area contributed by atoms with Gasteiger partial charge in [-0.25, -0.2) is 0 Å². The topological polar surface area (TPSA) is 84.5 Å². The standard InChI is InChI=1S/C24H24N2O4/c1-2-17-7-11-21(12-8-17)30-16-24(29)26-25-23(28)14-13-22(27)20-10-9-18-5-3-4-6-19(18)15-20/h3-12,15H,2,13-14,16H2,1H3,(H,25,28)(H,26,29). The van der Waals surface area contributed by atoms with Crippen LogP contribution >= 0.6 is 0 Å². The number of rotatable bonds is 8. The molecule has 0 aliphatic carbocycles. The van der Waals surface area contributed by atoms with Gasteiger partial charge in [-0.1, -0.05) is 55.5 Å². The van der Waals surface area contributed by atoms with Gasteiger partial charge in [0.2, 0.25) is 5.91 Å². The van der Waals surface area contributed by atoms with Gasteiger partial charge in [0.05, 0.1) is 0 Å². The van der Waals surface area contributed by atoms with E-state index < -0.39 is 11.8 Å². The van der Waals surface area contributed by atoms with Gasteiger partial charge in [0, 0.05) is 18.4 Å². The highest BCUT2D eigenvalue weighted by Crippen LogP contribution is 2.17. The lowest BCUT2D eigenvalue weighted by Crippen LogP contribution is -2.43. The van der Waals surface area contributed by atoms with E-state index >= 15 is 0 Å². The summed E-state index contributed by atoms with van der Waals surface area (Å²) in [5, 5.41) is 2.03. The van der Waals surface area contributed by atoms with Crippen molar-refractivity contribution in [3.05, 3.63) is 77.9 Å². The summed E-state index contributed by atoms with van der Waals surface area (Å²) in [6, 6.07) is 20.7. The summed E-state index contributed by atoms with van der Waals surface area (Å²) in [5.41, 5.74) is 6.33. The Hall–Kier alpha value is -3.67. The molecule has 3 rings (SSSR count). The molecular formula is C24H24N2O4. The van der Waals surface area contributed by atoms with Gasteiger partial charge in [0.25, 0.3) is 5.91 Å². The second-order valence-corrected chi connectivity index (χ2v) is 6.87. The predicted molar refractivity (Wildman–Crippen MR) is 115 cm³/mol. The molecule has 6 heteroatoms. The maximum atomic E-state index is 12.3. The number of ketones is 1. The predicted octanol–water partition coefficient (Wildman–Crippen LogP) is 3.59. The highest BCUT2D eigenvalue weighted by atomic mass is 16.5. The van der Waals surface area contributed by atoms with Crippen LogP contribution in [0.2, 0.25) is 0 Å². The summed E-state index contributed by atoms with van der Waals surface area (Å²) in [6.45, 7) is 1.84. The van der Waals surface area contributed by atoms with Crippen LogP contribution < -0.4 is 15.6 Å². The van der Waals surface area contributed by atoms with Crippen molar-refractivity contribution in [2.45, 2.75) is 26.2 Å². The Labute approximate surface area is 175 Å². The lowest BCUT2D eigenvalue weighted by molar-refractivity contribution is -0.130. The Kier molecular flexibility index (Phi) is 7.16. The van der Waals surface area contributed by atoms with Crippen LogP contribution in [0.15, 0.2) is 66.7 Å². The molecule has 0 atom stereocenters. The average Bonchev–Trinajstić information content (AvgIpc) is 2.79. The number of carbonyl (C=O) groups excluding carboxylic acids is 3. The van der Waals surface area contributed by atoms with Gasteiger partial charge in [0.15, 0.2) is 12.4 Å². The fourth-order valence-corrected chi connectivity index (χ4v) is 2.94. The number of amides is 2. The van der Waals surface area contributed by atoms with E-state index in [4.69, 9.17) is 4.74 Å². The molecule has 2 amide bonds. The fourth-order valence-electron chi connectivity index (χ4n) is 2.94. The van der Waals surface area contributed by atoms with Crippen LogP contribution in [0.5, 0.6) is 5.75 Å². The highest BCUT2D eigenvalue weighted by molar-refractivity contribution is 6.01. The van der Waals surface area contributed by atoms with E-state index in [9.17, 15) is 14.4 Å². The average molecular weight is 404 g/mol. The zero-order valence-electron chi connectivity index (χ0n) is 16.8. The molecule has 0 fully saturated rings. The molecule has 0 aromatic heterocycles. The lowest BCUT2D eigenvalue weighted by Gasteiger charge is -2.09. The molecule has 2 N–H and O–H groups in total. The summed E-state index contributed by atoms with van der Waals surface area (Å²) in [6.07, 6.45) is 0.960. The van der Waals surface area contributed by atoms with Crippen LogP contribution in [0.25, 0.3) is 10.8 Å². The zero-order chi connectivity index (χ0) is 21.3. The van der Waals surface area contributed by atoms with E-state index in [0.29, 0.717) is 11.3 Å². The van der Waals surface area contributed by atoms with Gasteiger partial charge in [-0.15, -0.1) is 0 Å². The maximum Gasteiger partial charge on any atom is 0.276 e. The van der Waals surface area contributed by atoms with Gasteiger partial charge >= 0.3 is 0 Å². The van der Waals surface area contributed by atoms with Gasteiger partial charge in [-0.2, -0.15) is 0 Å². The molecule has 3 aromatic rings. The Balaban J connectivity index is 1.39. The molecule has 154 valence electrons. The fraction of sp³-hybridized carbons (Fsp3) is 0.208. The van der Waals surface area contributed by atoms with Crippen LogP contribution in [0, 0.1) is 0 Å². The first-order chi connectivity index (χ1) is 14.5. The number of aryl methyl sites for hydroxylation is 1. The first kappa shape index (κ1) is 21.0. The van der Waals surface area contributed by atoms with Crippen molar-refractivity contribution in [1.82, 2.24) is 10.9 Å². The SMILES string of the molecule is CCc1ccc(OCC(=O)NNC(=O)CCC(=O)c2ccc3ccccc3c2)cc1. The van der Waals surface area contributed by atoms with Crippen LogP contribution in [0.1, 0.15) is 35.7 Å². The first-order valence-corrected chi connectivity index (χ1v) is 9.86. The molecule has 0 spiro atoms. The second kappa shape index (κ2) is 10.2. The zero-order valence-corrected chi connectivity index (χ0v) is 16.8. The van der Waals surface area contributed by atoms with Gasteiger partial charge in [-0.3, -0.25) is 25.2 Å². The van der Waals surface area contributed by atoms with Crippen molar-refractivity contribution < 1.29 is 19.1 Å². The highest BCUT2D eigenvalue weighted by Gasteiger charge is 2.11. The third-order valence-corrected chi connectivity index (χ3v) is 4.69. The van der Waals surface area contributed by atoms with Gasteiger partial charge in [-0.05, 0) is 41.0 Å². The normalized spacial score (nSPS) is 10.4. The molecule has 0 bridgehead atoms. The minimum Gasteiger partial charge on any atom is -0.484 e. The number of hydrogen-bond donors (Lipinski definition) is 2. The van der Waals surface area contributed by atoms with E-state index in [2.05, 4.69) is 17.8 Å². The first-order valence-electron chi connectivity index (χ1n) is 9.86. The van der Waals surface area contributed by atoms with Gasteiger partial charge in [0.1, 0.15) is 5.75 Å². The minimum atomic E-state index is -0.483. The molecule has 0 radical (unpaired) electrons. The monoisotopic (exact) mass is 404 g/mol. The molecule has 6 nitrogen and oxygen atoms in total. The summed E-state index contributed by atoms with van der Waals surface area (Å²) >= 11 is 0. The van der Waals surface area contributed by atoms with Crippen molar-refractivity contribution >= 4 is 28.4 Å². The van der Waals surface area contributed by atoms with Crippen molar-refractivity contribution in [2.75, 3.05) is 6.61 Å². The Morgan fingerprint density at radius 1 is 0.800 bits per heavy atom. The Morgan fingerprint density at radius 3 is 2.23 bits per heavy atom. The summed E-state index contributed by atoms with van der Waals surface area (Å²) in [4.78, 5) is 36.1. The molecule has 3 aromatic carbocycles. The lowest BCUT2D eigenvalue weighted by atomic mass is 10.0. The van der Waals surface area contributed by atoms with E-state index in [1.807, 2.05) is 48.5 Å². The van der Waals surface area contributed by atoms with Crippen LogP contribution in [-0.4, -0.2) is 24.2 Å². The Morgan fingerprint density at radius 2 is 1.50 bits per heavy atom. The van der Waals surface area contributed by atoms with E-state index in [1.165, 1.54) is 5.56 Å². The number of benzene rings is 3. The Bertz CT molecular complexity index is 1040. The van der Waals surface area contributed by atoms with Crippen molar-refractivity contribution in [3.63, 3.8) is 0 Å². The van der Waals surface area contributed by atoms with Crippen LogP contribution in [-0.2, 0) is 16.0 Å². The number of nitrogens with one attached hydrogen (secondary N) is 2. The number of Topliss-reactive ketones (excluding diaryl/α,β-unsaturated/α-hetero) is 1. The largest absolute Gasteiger partial charge is 0.484 e. The van der Waals surface area contributed by atoms with Crippen LogP contribution in [0.4, 0.5) is 0 Å². The molecule has 0 aliphatic heterocycles. The molecule has 0 saturated heterocycles. The quantitative estimate of drug-likeness (QED) is 0.444. The van der Waals surface area contributed by atoms with E-state index in [0.717, 1.165) is 17.2 Å². The molecule has 0 unspecified atom stereocenters. The number of hydrazine groups is 1. The third kappa shape index (κ3) is 5.91. The number of carbonyl (C=O) groups is 3. The van der Waals surface area contributed by atoms with Crippen LogP contribution in [0.3, 0.4) is 0 Å². The summed E-state index contributed by atoms with van der Waals surface area (Å²) in [5.74, 6) is -0.468. The molecular weight excluding hydrogens is 380 g/mol. The number of hydrogen-bond acceptors (Lipinski definition) is 4. The number of fused-ring (bicyclic) bond motifs is 1. The van der Waals surface area contributed by atoms with Gasteiger partial charge < -0.3 is 4.74 Å². The smallest absolute Gasteiger partial charge is 0.276 e. The third-order valence-electron chi connectivity index (χ3n) is 4.69. The molecule has 30 heavy (non-hydrogen) atoms. The summed E-state index contributed by atoms with van der Waals surface area (Å²) in [7, 11) is 0. The number of ether oxygens (including phenoxy) is 1. The van der Waals surface area contributed by atoms with Crippen molar-refractivity contribution in [2.24, 2.45) is 0 Å². The van der Waals surface area contributed by atoms with Crippen molar-refractivity contribution in [1.29, 1.82) is 0 Å². The van der Waals surface area contributed by atoms with E-state index in [1.54, 1.807) is 18.2 Å².